The van der Waals surface area contributed by atoms with Crippen LogP contribution in [0.5, 0.6) is 5.75 Å². The molecule has 2 heterocycles. The van der Waals surface area contributed by atoms with E-state index >= 15 is 0 Å². The van der Waals surface area contributed by atoms with E-state index in [1.165, 1.54) is 11.1 Å². The summed E-state index contributed by atoms with van der Waals surface area (Å²) in [6.45, 7) is 2.52. The number of carbonyl (C=O) groups is 1. The van der Waals surface area contributed by atoms with Gasteiger partial charge in [0.2, 0.25) is 10.0 Å². The number of ether oxygens (including phenoxy) is 2. The molecule has 1 spiro atoms. The Balaban J connectivity index is 1.41. The van der Waals surface area contributed by atoms with Crippen molar-refractivity contribution in [2.75, 3.05) is 43.6 Å². The summed E-state index contributed by atoms with van der Waals surface area (Å²) in [4.78, 5) is 15.4. The molecule has 7 nitrogen and oxygen atoms in total. The molecule has 0 unspecified atom stereocenters. The molecular weight excluding hydrogens is 524 g/mol. The minimum absolute atomic E-state index is 0.0294. The first-order valence-corrected chi connectivity index (χ1v) is 15.4. The van der Waals surface area contributed by atoms with Gasteiger partial charge in [0.05, 0.1) is 31.3 Å². The minimum Gasteiger partial charge on any atom is -0.490 e. The number of rotatable bonds is 0. The van der Waals surface area contributed by atoms with E-state index in [9.17, 15) is 13.2 Å². The molecule has 202 valence electrons. The Morgan fingerprint density at radius 1 is 1.13 bits per heavy atom. The molecule has 38 heavy (non-hydrogen) atoms. The molecule has 6 rings (SSSR count). The number of nitrogens with one attached hydrogen (secondary N) is 1. The second-order valence-electron chi connectivity index (χ2n) is 11.0. The topological polar surface area (TPSA) is 84.9 Å². The van der Waals surface area contributed by atoms with Gasteiger partial charge in [-0.05, 0) is 85.4 Å². The lowest BCUT2D eigenvalue weighted by atomic mass is 9.69. The maximum absolute atomic E-state index is 13.0. The van der Waals surface area contributed by atoms with Crippen molar-refractivity contribution in [1.29, 1.82) is 0 Å². The third kappa shape index (κ3) is 5.06. The van der Waals surface area contributed by atoms with Gasteiger partial charge in [0.25, 0.3) is 5.91 Å². The van der Waals surface area contributed by atoms with E-state index in [0.717, 1.165) is 61.7 Å². The van der Waals surface area contributed by atoms with Crippen molar-refractivity contribution in [2.24, 2.45) is 11.8 Å². The molecule has 9 heteroatoms. The smallest absolute Gasteiger partial charge is 0.264 e. The van der Waals surface area contributed by atoms with Crippen molar-refractivity contribution < 1.29 is 22.7 Å². The van der Waals surface area contributed by atoms with Crippen LogP contribution in [0.1, 0.15) is 47.2 Å². The van der Waals surface area contributed by atoms with E-state index in [-0.39, 0.29) is 17.8 Å². The first-order chi connectivity index (χ1) is 18.3. The van der Waals surface area contributed by atoms with Crippen LogP contribution in [0, 0.1) is 11.8 Å². The lowest BCUT2D eigenvalue weighted by Gasteiger charge is -2.44. The Kier molecular flexibility index (Phi) is 6.91. The van der Waals surface area contributed by atoms with Gasteiger partial charge >= 0.3 is 0 Å². The first kappa shape index (κ1) is 25.7. The Hall–Kier alpha value is -2.55. The van der Waals surface area contributed by atoms with Crippen LogP contribution in [-0.2, 0) is 26.6 Å². The van der Waals surface area contributed by atoms with Gasteiger partial charge in [0, 0.05) is 29.1 Å². The maximum Gasteiger partial charge on any atom is 0.264 e. The lowest BCUT2D eigenvalue weighted by molar-refractivity contribution is 0.0981. The van der Waals surface area contributed by atoms with E-state index in [0.29, 0.717) is 30.6 Å². The number of fused-ring (bicyclic) bond motifs is 4. The minimum atomic E-state index is -3.82. The third-order valence-corrected chi connectivity index (χ3v) is 10.0. The molecule has 2 aliphatic carbocycles. The fourth-order valence-electron chi connectivity index (χ4n) is 6.41. The summed E-state index contributed by atoms with van der Waals surface area (Å²) in [6.07, 6.45) is 9.54. The van der Waals surface area contributed by atoms with Crippen LogP contribution in [-0.4, -0.2) is 53.0 Å². The highest BCUT2D eigenvalue weighted by Gasteiger charge is 2.43. The molecule has 4 aliphatic rings. The van der Waals surface area contributed by atoms with Crippen molar-refractivity contribution >= 4 is 33.2 Å². The average molecular weight is 557 g/mol. The quantitative estimate of drug-likeness (QED) is 0.481. The van der Waals surface area contributed by atoms with Crippen LogP contribution < -0.4 is 14.4 Å². The second kappa shape index (κ2) is 10.2. The zero-order chi connectivity index (χ0) is 26.3. The largest absolute Gasteiger partial charge is 0.490 e. The summed E-state index contributed by atoms with van der Waals surface area (Å²) in [6, 6.07) is 11.4. The van der Waals surface area contributed by atoms with E-state index in [1.54, 1.807) is 18.2 Å². The van der Waals surface area contributed by atoms with Crippen molar-refractivity contribution in [3.63, 3.8) is 0 Å². The molecule has 0 saturated heterocycles. The number of halogens is 1. The zero-order valence-electron chi connectivity index (χ0n) is 21.3. The molecule has 2 aromatic rings. The Morgan fingerprint density at radius 2 is 2.03 bits per heavy atom. The summed E-state index contributed by atoms with van der Waals surface area (Å²) >= 11 is 6.36. The number of hydrogen-bond donors (Lipinski definition) is 1. The summed E-state index contributed by atoms with van der Waals surface area (Å²) < 4.78 is 39.2. The molecule has 1 saturated carbocycles. The molecular formula is C29H33ClN2O5S. The van der Waals surface area contributed by atoms with E-state index < -0.39 is 15.9 Å². The number of nitrogens with zero attached hydrogens (tertiary/aromatic N) is 1. The maximum atomic E-state index is 13.0. The summed E-state index contributed by atoms with van der Waals surface area (Å²) in [5.74, 6) is 0.738. The van der Waals surface area contributed by atoms with Crippen molar-refractivity contribution in [2.45, 2.75) is 37.5 Å². The zero-order valence-corrected chi connectivity index (χ0v) is 22.9. The van der Waals surface area contributed by atoms with Crippen molar-refractivity contribution in [1.82, 2.24) is 4.72 Å². The van der Waals surface area contributed by atoms with E-state index in [1.807, 2.05) is 12.1 Å². The number of sulfonamides is 1. The number of carbonyl (C=O) groups excluding carboxylic acids is 1. The van der Waals surface area contributed by atoms with Gasteiger partial charge in [-0.25, -0.2) is 13.1 Å². The molecule has 0 aromatic heterocycles. The molecule has 2 aromatic carbocycles. The number of anilines is 1. The number of aryl methyl sites for hydroxylation is 1. The van der Waals surface area contributed by atoms with Gasteiger partial charge < -0.3 is 14.4 Å². The monoisotopic (exact) mass is 556 g/mol. The average Bonchev–Trinajstić information content (AvgIpc) is 3.02. The first-order valence-electron chi connectivity index (χ1n) is 13.4. The highest BCUT2D eigenvalue weighted by molar-refractivity contribution is 7.90. The lowest BCUT2D eigenvalue weighted by Crippen LogP contribution is -2.48. The van der Waals surface area contributed by atoms with Gasteiger partial charge in [-0.1, -0.05) is 29.8 Å². The van der Waals surface area contributed by atoms with Crippen LogP contribution in [0.15, 0.2) is 48.6 Å². The standard InChI is InChI=1S/C29H33ClN2O5S/c30-24-8-9-25-21(15-24)3-1-11-29(25)18-32-17-23-6-5-20(23)4-2-12-36-13-14-38(34,35)31-28(33)22-7-10-27(37-19-29)26(32)16-22/h2,4,7-10,15-16,20,23H,1,3,5-6,11-14,17-19H2,(H,31,33)/b4-2-/t20-,23+,29-/m0/s1. The third-order valence-electron chi connectivity index (χ3n) is 8.57. The second-order valence-corrected chi connectivity index (χ2v) is 13.3. The van der Waals surface area contributed by atoms with Crippen molar-refractivity contribution in [3.05, 3.63) is 70.3 Å². The molecule has 2 aliphatic heterocycles. The molecule has 2 bridgehead atoms. The molecule has 1 fully saturated rings. The molecule has 1 amide bonds. The molecule has 3 atom stereocenters. The predicted octanol–water partition coefficient (Wildman–Crippen LogP) is 4.49. The van der Waals surface area contributed by atoms with Crippen LogP contribution >= 0.6 is 11.6 Å². The number of hydrogen-bond acceptors (Lipinski definition) is 6. The molecule has 0 radical (unpaired) electrons. The number of allylic oxidation sites excluding steroid dienone is 1. The number of amides is 1. The fraction of sp³-hybridized carbons (Fsp3) is 0.483. The van der Waals surface area contributed by atoms with E-state index in [4.69, 9.17) is 21.1 Å². The van der Waals surface area contributed by atoms with Crippen LogP contribution in [0.2, 0.25) is 5.02 Å². The Morgan fingerprint density at radius 3 is 2.87 bits per heavy atom. The van der Waals surface area contributed by atoms with Gasteiger partial charge in [-0.3, -0.25) is 4.79 Å². The SMILES string of the molecule is O=C1NS(=O)(=O)CCOC/C=C\[C@H]2CC[C@@H]2CN2C[C@@]3(CCCc4cc(Cl)ccc43)COc3ccc1cc32. The summed E-state index contributed by atoms with van der Waals surface area (Å²) in [7, 11) is -3.82. The Bertz CT molecular complexity index is 1380. The predicted molar refractivity (Wildman–Crippen MR) is 148 cm³/mol. The van der Waals surface area contributed by atoms with Crippen molar-refractivity contribution in [3.8, 4) is 5.75 Å². The van der Waals surface area contributed by atoms with Crippen LogP contribution in [0.3, 0.4) is 0 Å². The van der Waals surface area contributed by atoms with Gasteiger partial charge in [0.15, 0.2) is 0 Å². The molecule has 1 N–H and O–H groups in total. The number of benzene rings is 2. The summed E-state index contributed by atoms with van der Waals surface area (Å²) in [5.41, 5.74) is 3.51. The summed E-state index contributed by atoms with van der Waals surface area (Å²) in [5, 5.41) is 0.752. The van der Waals surface area contributed by atoms with Crippen LogP contribution in [0.4, 0.5) is 5.69 Å². The van der Waals surface area contributed by atoms with Gasteiger partial charge in [-0.2, -0.15) is 0 Å². The highest BCUT2D eigenvalue weighted by Crippen LogP contribution is 2.46. The highest BCUT2D eigenvalue weighted by atomic mass is 35.5. The van der Waals surface area contributed by atoms with E-state index in [2.05, 4.69) is 27.8 Å². The Labute approximate surface area is 229 Å². The van der Waals surface area contributed by atoms with Crippen LogP contribution in [0.25, 0.3) is 0 Å². The normalized spacial score (nSPS) is 29.6. The fourth-order valence-corrected chi connectivity index (χ4v) is 7.45. The van der Waals surface area contributed by atoms with Gasteiger partial charge in [0.1, 0.15) is 5.75 Å². The van der Waals surface area contributed by atoms with Gasteiger partial charge in [-0.15, -0.1) is 0 Å².